The summed E-state index contributed by atoms with van der Waals surface area (Å²) >= 11 is 0. The van der Waals surface area contributed by atoms with E-state index in [4.69, 9.17) is 4.74 Å². The van der Waals surface area contributed by atoms with Crippen LogP contribution in [0.25, 0.3) is 0 Å². The highest BCUT2D eigenvalue weighted by Crippen LogP contribution is 2.07. The predicted octanol–water partition coefficient (Wildman–Crippen LogP) is 1.48. The van der Waals surface area contributed by atoms with Crippen molar-refractivity contribution in [2.75, 3.05) is 33.3 Å². The first kappa shape index (κ1) is 15.9. The SMILES string of the molecule is CCCc1cc(C(=O)NCC[C@@H]2CN(C)CCO2)ccn1. The van der Waals surface area contributed by atoms with Crippen LogP contribution in [0, 0.1) is 0 Å². The van der Waals surface area contributed by atoms with E-state index < -0.39 is 0 Å². The summed E-state index contributed by atoms with van der Waals surface area (Å²) in [5.74, 6) is -0.0288. The molecule has 1 aromatic rings. The lowest BCUT2D eigenvalue weighted by Gasteiger charge is -2.30. The third-order valence-electron chi connectivity index (χ3n) is 3.68. The highest BCUT2D eigenvalue weighted by atomic mass is 16.5. The summed E-state index contributed by atoms with van der Waals surface area (Å²) < 4.78 is 5.68. The fraction of sp³-hybridized carbons (Fsp3) is 0.625. The summed E-state index contributed by atoms with van der Waals surface area (Å²) in [6.07, 6.45) is 4.72. The zero-order valence-corrected chi connectivity index (χ0v) is 13.0. The van der Waals surface area contributed by atoms with E-state index in [2.05, 4.69) is 29.2 Å². The number of hydrogen-bond acceptors (Lipinski definition) is 4. The second-order valence-electron chi connectivity index (χ2n) is 5.59. The Morgan fingerprint density at radius 2 is 2.43 bits per heavy atom. The number of amides is 1. The number of aromatic nitrogens is 1. The number of ether oxygens (including phenoxy) is 1. The van der Waals surface area contributed by atoms with Gasteiger partial charge in [0.15, 0.2) is 0 Å². The van der Waals surface area contributed by atoms with Gasteiger partial charge >= 0.3 is 0 Å². The third kappa shape index (κ3) is 5.10. The summed E-state index contributed by atoms with van der Waals surface area (Å²) in [6, 6.07) is 3.64. The zero-order valence-electron chi connectivity index (χ0n) is 13.0. The largest absolute Gasteiger partial charge is 0.375 e. The molecule has 1 saturated heterocycles. The van der Waals surface area contributed by atoms with Gasteiger partial charge in [-0.05, 0) is 32.0 Å². The number of nitrogens with one attached hydrogen (secondary N) is 1. The Bertz CT molecular complexity index is 465. The van der Waals surface area contributed by atoms with Gasteiger partial charge in [0.05, 0.1) is 12.7 Å². The molecule has 116 valence electrons. The van der Waals surface area contributed by atoms with E-state index in [1.165, 1.54) is 0 Å². The van der Waals surface area contributed by atoms with Gasteiger partial charge in [-0.1, -0.05) is 13.3 Å². The van der Waals surface area contributed by atoms with Crippen molar-refractivity contribution in [2.45, 2.75) is 32.3 Å². The van der Waals surface area contributed by atoms with Crippen molar-refractivity contribution in [1.29, 1.82) is 0 Å². The van der Waals surface area contributed by atoms with Crippen LogP contribution in [-0.4, -0.2) is 55.2 Å². The molecular weight excluding hydrogens is 266 g/mol. The van der Waals surface area contributed by atoms with Crippen LogP contribution < -0.4 is 5.32 Å². The van der Waals surface area contributed by atoms with Crippen molar-refractivity contribution in [3.8, 4) is 0 Å². The molecule has 0 radical (unpaired) electrons. The average molecular weight is 291 g/mol. The van der Waals surface area contributed by atoms with Gasteiger partial charge in [-0.15, -0.1) is 0 Å². The van der Waals surface area contributed by atoms with Gasteiger partial charge in [0.1, 0.15) is 0 Å². The van der Waals surface area contributed by atoms with E-state index in [1.54, 1.807) is 12.3 Å². The molecule has 2 rings (SSSR count). The quantitative estimate of drug-likeness (QED) is 0.862. The molecular formula is C16H25N3O2. The number of rotatable bonds is 6. The highest BCUT2D eigenvalue weighted by molar-refractivity contribution is 5.94. The molecule has 1 atom stereocenters. The molecule has 0 bridgehead atoms. The van der Waals surface area contributed by atoms with Crippen molar-refractivity contribution in [1.82, 2.24) is 15.2 Å². The number of aryl methyl sites for hydroxylation is 1. The van der Waals surface area contributed by atoms with Gasteiger partial charge in [-0.25, -0.2) is 0 Å². The molecule has 2 heterocycles. The van der Waals surface area contributed by atoms with E-state index in [0.29, 0.717) is 12.1 Å². The van der Waals surface area contributed by atoms with Crippen molar-refractivity contribution in [3.05, 3.63) is 29.6 Å². The van der Waals surface area contributed by atoms with Crippen LogP contribution >= 0.6 is 0 Å². The second-order valence-corrected chi connectivity index (χ2v) is 5.59. The van der Waals surface area contributed by atoms with Crippen LogP contribution in [0.2, 0.25) is 0 Å². The molecule has 1 aromatic heterocycles. The zero-order chi connectivity index (χ0) is 15.1. The van der Waals surface area contributed by atoms with Crippen LogP contribution in [0.3, 0.4) is 0 Å². The average Bonchev–Trinajstić information content (AvgIpc) is 2.48. The first-order valence-electron chi connectivity index (χ1n) is 7.72. The Morgan fingerprint density at radius 3 is 3.19 bits per heavy atom. The molecule has 0 spiro atoms. The third-order valence-corrected chi connectivity index (χ3v) is 3.68. The normalized spacial score (nSPS) is 19.4. The van der Waals surface area contributed by atoms with Gasteiger partial charge < -0.3 is 15.0 Å². The minimum absolute atomic E-state index is 0.0288. The van der Waals surface area contributed by atoms with Crippen LogP contribution in [0.1, 0.15) is 35.8 Å². The van der Waals surface area contributed by atoms with E-state index in [1.807, 2.05) is 6.07 Å². The van der Waals surface area contributed by atoms with E-state index in [9.17, 15) is 4.79 Å². The molecule has 21 heavy (non-hydrogen) atoms. The molecule has 0 unspecified atom stereocenters. The predicted molar refractivity (Wildman–Crippen MR) is 82.4 cm³/mol. The van der Waals surface area contributed by atoms with Crippen molar-refractivity contribution in [2.24, 2.45) is 0 Å². The van der Waals surface area contributed by atoms with Crippen molar-refractivity contribution in [3.63, 3.8) is 0 Å². The number of hydrogen-bond donors (Lipinski definition) is 1. The minimum Gasteiger partial charge on any atom is -0.375 e. The molecule has 5 nitrogen and oxygen atoms in total. The van der Waals surface area contributed by atoms with Crippen molar-refractivity contribution >= 4 is 5.91 Å². The van der Waals surface area contributed by atoms with E-state index in [0.717, 1.165) is 44.7 Å². The number of morpholine rings is 1. The molecule has 0 aromatic carbocycles. The van der Waals surface area contributed by atoms with Gasteiger partial charge in [-0.2, -0.15) is 0 Å². The van der Waals surface area contributed by atoms with Crippen LogP contribution in [0.15, 0.2) is 18.3 Å². The number of carbonyl (C=O) groups is 1. The first-order chi connectivity index (χ1) is 10.2. The molecule has 1 aliphatic heterocycles. The molecule has 5 heteroatoms. The molecule has 0 aliphatic carbocycles. The molecule has 1 N–H and O–H groups in total. The Hall–Kier alpha value is -1.46. The summed E-state index contributed by atoms with van der Waals surface area (Å²) in [5, 5.41) is 2.97. The summed E-state index contributed by atoms with van der Waals surface area (Å²) in [4.78, 5) is 18.6. The fourth-order valence-electron chi connectivity index (χ4n) is 2.50. The van der Waals surface area contributed by atoms with Gasteiger partial charge in [-0.3, -0.25) is 9.78 Å². The maximum atomic E-state index is 12.1. The summed E-state index contributed by atoms with van der Waals surface area (Å²) in [5.41, 5.74) is 1.66. The molecule has 1 aliphatic rings. The van der Waals surface area contributed by atoms with Crippen LogP contribution in [0.4, 0.5) is 0 Å². The lowest BCUT2D eigenvalue weighted by atomic mass is 10.1. The lowest BCUT2D eigenvalue weighted by Crippen LogP contribution is -2.41. The molecule has 1 fully saturated rings. The van der Waals surface area contributed by atoms with Gasteiger partial charge in [0.25, 0.3) is 5.91 Å². The number of carbonyl (C=O) groups excluding carboxylic acids is 1. The standard InChI is InChI=1S/C16H25N3O2/c1-3-4-14-11-13(5-7-17-14)16(20)18-8-6-15-12-19(2)9-10-21-15/h5,7,11,15H,3-4,6,8-10,12H2,1-2H3,(H,18,20)/t15-/m1/s1. The topological polar surface area (TPSA) is 54.5 Å². The van der Waals surface area contributed by atoms with E-state index in [-0.39, 0.29) is 12.0 Å². The first-order valence-corrected chi connectivity index (χ1v) is 7.72. The summed E-state index contributed by atoms with van der Waals surface area (Å²) in [7, 11) is 2.10. The number of likely N-dealkylation sites (N-methyl/N-ethyl adjacent to an activating group) is 1. The van der Waals surface area contributed by atoms with Crippen molar-refractivity contribution < 1.29 is 9.53 Å². The smallest absolute Gasteiger partial charge is 0.251 e. The van der Waals surface area contributed by atoms with Crippen LogP contribution in [-0.2, 0) is 11.2 Å². The molecule has 0 saturated carbocycles. The molecule has 1 amide bonds. The van der Waals surface area contributed by atoms with Gasteiger partial charge in [0.2, 0.25) is 0 Å². The Labute approximate surface area is 126 Å². The number of pyridine rings is 1. The Balaban J connectivity index is 1.77. The highest BCUT2D eigenvalue weighted by Gasteiger charge is 2.17. The minimum atomic E-state index is -0.0288. The fourth-order valence-corrected chi connectivity index (χ4v) is 2.50. The summed E-state index contributed by atoms with van der Waals surface area (Å²) in [6.45, 7) is 5.45. The number of nitrogens with zero attached hydrogens (tertiary/aromatic N) is 2. The monoisotopic (exact) mass is 291 g/mol. The Morgan fingerprint density at radius 1 is 1.57 bits per heavy atom. The van der Waals surface area contributed by atoms with E-state index >= 15 is 0 Å². The Kier molecular flexibility index (Phi) is 6.14. The second kappa shape index (κ2) is 8.10. The lowest BCUT2D eigenvalue weighted by molar-refractivity contribution is -0.0226. The van der Waals surface area contributed by atoms with Gasteiger partial charge in [0, 0.05) is 37.1 Å². The maximum Gasteiger partial charge on any atom is 0.251 e. The van der Waals surface area contributed by atoms with Crippen LogP contribution in [0.5, 0.6) is 0 Å². The maximum absolute atomic E-state index is 12.1.